The van der Waals surface area contributed by atoms with E-state index in [-0.39, 0.29) is 6.54 Å². The van der Waals surface area contributed by atoms with Gasteiger partial charge in [-0.2, -0.15) is 0 Å². The van der Waals surface area contributed by atoms with Crippen LogP contribution in [-0.4, -0.2) is 29.1 Å². The summed E-state index contributed by atoms with van der Waals surface area (Å²) in [5, 5.41) is 14.0. The van der Waals surface area contributed by atoms with Crippen LogP contribution < -0.4 is 16.4 Å². The zero-order valence-electron chi connectivity index (χ0n) is 10.4. The Morgan fingerprint density at radius 2 is 1.85 bits per heavy atom. The predicted octanol–water partition coefficient (Wildman–Crippen LogP) is 0.468. The minimum absolute atomic E-state index is 0.200. The lowest BCUT2D eigenvalue weighted by atomic mass is 10.2. The van der Waals surface area contributed by atoms with Crippen molar-refractivity contribution in [2.75, 3.05) is 0 Å². The van der Waals surface area contributed by atoms with E-state index in [0.717, 1.165) is 5.56 Å². The lowest BCUT2D eigenvalue weighted by molar-refractivity contribution is -0.140. The summed E-state index contributed by atoms with van der Waals surface area (Å²) in [5.74, 6) is -2.14. The highest BCUT2D eigenvalue weighted by Crippen LogP contribution is 2.09. The van der Waals surface area contributed by atoms with Gasteiger partial charge in [-0.1, -0.05) is 23.7 Å². The highest BCUT2D eigenvalue weighted by Gasteiger charge is 2.21. The third-order valence-electron chi connectivity index (χ3n) is 2.38. The number of hydrogen-bond acceptors (Lipinski definition) is 3. The van der Waals surface area contributed by atoms with Crippen LogP contribution in [0.25, 0.3) is 0 Å². The van der Waals surface area contributed by atoms with Crippen LogP contribution in [0.2, 0.25) is 5.02 Å². The average Bonchev–Trinajstić information content (AvgIpc) is 2.36. The fourth-order valence-electron chi connectivity index (χ4n) is 1.40. The third-order valence-corrected chi connectivity index (χ3v) is 2.63. The number of nitrogens with two attached hydrogens (primary N) is 1. The Kier molecular flexibility index (Phi) is 5.79. The summed E-state index contributed by atoms with van der Waals surface area (Å²) in [4.78, 5) is 33.0. The maximum absolute atomic E-state index is 11.5. The number of rotatable bonds is 6. The minimum atomic E-state index is -1.35. The van der Waals surface area contributed by atoms with Gasteiger partial charge in [-0.15, -0.1) is 0 Å². The number of primary amides is 1. The van der Waals surface area contributed by atoms with E-state index in [1.54, 1.807) is 24.3 Å². The molecule has 1 rings (SSSR count). The molecule has 1 aromatic carbocycles. The number of amides is 3. The number of carboxylic acid groups (broad SMARTS) is 1. The first-order valence-electron chi connectivity index (χ1n) is 5.68. The second-order valence-electron chi connectivity index (χ2n) is 4.01. The Morgan fingerprint density at radius 1 is 1.25 bits per heavy atom. The van der Waals surface area contributed by atoms with Gasteiger partial charge in [0, 0.05) is 11.6 Å². The molecule has 5 N–H and O–H groups in total. The Labute approximate surface area is 120 Å². The van der Waals surface area contributed by atoms with E-state index < -0.39 is 30.4 Å². The standard InChI is InChI=1S/C12H14ClN3O4/c13-8-3-1-7(2-4-8)6-15-12(20)16-9(11(18)19)5-10(14)17/h1-4,9H,5-6H2,(H2,14,17)(H,18,19)(H2,15,16,20). The molecule has 3 amide bonds. The summed E-state index contributed by atoms with van der Waals surface area (Å²) in [6.45, 7) is 0.200. The molecule has 0 aromatic heterocycles. The first-order valence-corrected chi connectivity index (χ1v) is 6.06. The van der Waals surface area contributed by atoms with Crippen LogP contribution in [0.1, 0.15) is 12.0 Å². The number of nitrogens with one attached hydrogen (secondary N) is 2. The van der Waals surface area contributed by atoms with Crippen molar-refractivity contribution in [3.05, 3.63) is 34.9 Å². The molecule has 0 aliphatic carbocycles. The largest absolute Gasteiger partial charge is 0.480 e. The predicted molar refractivity (Wildman–Crippen MR) is 72.1 cm³/mol. The number of aliphatic carboxylic acids is 1. The molecule has 0 aliphatic rings. The van der Waals surface area contributed by atoms with Gasteiger partial charge >= 0.3 is 12.0 Å². The summed E-state index contributed by atoms with van der Waals surface area (Å²) < 4.78 is 0. The molecule has 7 nitrogen and oxygen atoms in total. The SMILES string of the molecule is NC(=O)CC(NC(=O)NCc1ccc(Cl)cc1)C(=O)O. The van der Waals surface area contributed by atoms with Gasteiger partial charge < -0.3 is 21.5 Å². The van der Waals surface area contributed by atoms with E-state index in [1.165, 1.54) is 0 Å². The molecule has 0 saturated carbocycles. The van der Waals surface area contributed by atoms with Crippen LogP contribution in [-0.2, 0) is 16.1 Å². The molecule has 108 valence electrons. The lowest BCUT2D eigenvalue weighted by Crippen LogP contribution is -2.47. The normalized spacial score (nSPS) is 11.4. The summed E-state index contributed by atoms with van der Waals surface area (Å²) >= 11 is 5.72. The molecule has 0 heterocycles. The minimum Gasteiger partial charge on any atom is -0.480 e. The number of hydrogen-bond donors (Lipinski definition) is 4. The summed E-state index contributed by atoms with van der Waals surface area (Å²) in [7, 11) is 0. The summed E-state index contributed by atoms with van der Waals surface area (Å²) in [6.07, 6.45) is -0.469. The molecule has 1 aromatic rings. The fourth-order valence-corrected chi connectivity index (χ4v) is 1.52. The van der Waals surface area contributed by atoms with Crippen LogP contribution in [0.5, 0.6) is 0 Å². The van der Waals surface area contributed by atoms with Crippen molar-refractivity contribution >= 4 is 29.5 Å². The van der Waals surface area contributed by atoms with Crippen LogP contribution in [0.4, 0.5) is 4.79 Å². The van der Waals surface area contributed by atoms with Gasteiger partial charge in [0.1, 0.15) is 6.04 Å². The van der Waals surface area contributed by atoms with Gasteiger partial charge in [0.05, 0.1) is 6.42 Å². The van der Waals surface area contributed by atoms with Crippen LogP contribution >= 0.6 is 11.6 Å². The molecule has 8 heteroatoms. The molecule has 1 unspecified atom stereocenters. The van der Waals surface area contributed by atoms with Crippen molar-refractivity contribution in [2.24, 2.45) is 5.73 Å². The number of carbonyl (C=O) groups excluding carboxylic acids is 2. The summed E-state index contributed by atoms with van der Waals surface area (Å²) in [5.41, 5.74) is 5.70. The zero-order valence-corrected chi connectivity index (χ0v) is 11.2. The number of carbonyl (C=O) groups is 3. The van der Waals surface area contributed by atoms with Crippen molar-refractivity contribution < 1.29 is 19.5 Å². The van der Waals surface area contributed by atoms with Crippen molar-refractivity contribution in [1.82, 2.24) is 10.6 Å². The van der Waals surface area contributed by atoms with E-state index in [0.29, 0.717) is 5.02 Å². The molecule has 0 spiro atoms. The lowest BCUT2D eigenvalue weighted by Gasteiger charge is -2.13. The van der Waals surface area contributed by atoms with Crippen molar-refractivity contribution in [2.45, 2.75) is 19.0 Å². The Morgan fingerprint density at radius 3 is 2.35 bits per heavy atom. The van der Waals surface area contributed by atoms with Gasteiger partial charge in [-0.05, 0) is 17.7 Å². The molecule has 0 fully saturated rings. The Bertz CT molecular complexity index is 504. The number of carboxylic acids is 1. The van der Waals surface area contributed by atoms with Gasteiger partial charge in [0.15, 0.2) is 0 Å². The maximum atomic E-state index is 11.5. The van der Waals surface area contributed by atoms with Crippen LogP contribution in [0.3, 0.4) is 0 Å². The second-order valence-corrected chi connectivity index (χ2v) is 4.45. The number of halogens is 1. The van der Waals surface area contributed by atoms with E-state index in [4.69, 9.17) is 22.4 Å². The van der Waals surface area contributed by atoms with Gasteiger partial charge in [0.25, 0.3) is 0 Å². The zero-order chi connectivity index (χ0) is 15.1. The molecule has 0 aliphatic heterocycles. The van der Waals surface area contributed by atoms with Crippen LogP contribution in [0, 0.1) is 0 Å². The van der Waals surface area contributed by atoms with Gasteiger partial charge in [-0.3, -0.25) is 4.79 Å². The Hall–Kier alpha value is -2.28. The monoisotopic (exact) mass is 299 g/mol. The highest BCUT2D eigenvalue weighted by molar-refractivity contribution is 6.30. The molecule has 0 saturated heterocycles. The first-order chi connectivity index (χ1) is 9.38. The van der Waals surface area contributed by atoms with E-state index in [9.17, 15) is 14.4 Å². The number of urea groups is 1. The van der Waals surface area contributed by atoms with E-state index >= 15 is 0 Å². The molecule has 0 bridgehead atoms. The molecular formula is C12H14ClN3O4. The second kappa shape index (κ2) is 7.34. The van der Waals surface area contributed by atoms with Crippen LogP contribution in [0.15, 0.2) is 24.3 Å². The van der Waals surface area contributed by atoms with Crippen molar-refractivity contribution in [3.8, 4) is 0 Å². The van der Waals surface area contributed by atoms with E-state index in [1.807, 2.05) is 0 Å². The smallest absolute Gasteiger partial charge is 0.326 e. The first kappa shape index (κ1) is 15.8. The quantitative estimate of drug-likeness (QED) is 0.610. The van der Waals surface area contributed by atoms with Crippen molar-refractivity contribution in [3.63, 3.8) is 0 Å². The molecule has 20 heavy (non-hydrogen) atoms. The fraction of sp³-hybridized carbons (Fsp3) is 0.250. The van der Waals surface area contributed by atoms with E-state index in [2.05, 4.69) is 10.6 Å². The van der Waals surface area contributed by atoms with Crippen molar-refractivity contribution in [1.29, 1.82) is 0 Å². The topological polar surface area (TPSA) is 122 Å². The molecule has 0 radical (unpaired) electrons. The molecule has 1 atom stereocenters. The third kappa shape index (κ3) is 5.57. The average molecular weight is 300 g/mol. The summed E-state index contributed by atoms with van der Waals surface area (Å²) in [6, 6.07) is 4.74. The number of benzene rings is 1. The van der Waals surface area contributed by atoms with Gasteiger partial charge in [0.2, 0.25) is 5.91 Å². The highest BCUT2D eigenvalue weighted by atomic mass is 35.5. The molecular weight excluding hydrogens is 286 g/mol. The Balaban J connectivity index is 2.47. The van der Waals surface area contributed by atoms with Gasteiger partial charge in [-0.25, -0.2) is 9.59 Å². The maximum Gasteiger partial charge on any atom is 0.326 e.